The molecule has 6 heteroatoms. The molecule has 2 aromatic rings. The van der Waals surface area contributed by atoms with E-state index in [2.05, 4.69) is 5.32 Å². The zero-order valence-electron chi connectivity index (χ0n) is 12.5. The van der Waals surface area contributed by atoms with E-state index in [0.29, 0.717) is 17.0 Å². The summed E-state index contributed by atoms with van der Waals surface area (Å²) >= 11 is 0. The van der Waals surface area contributed by atoms with Crippen molar-refractivity contribution in [3.8, 4) is 5.75 Å². The second-order valence-corrected chi connectivity index (χ2v) is 5.19. The Labute approximate surface area is 133 Å². The number of benzene rings is 2. The molecule has 0 bridgehead atoms. The number of carboxylic acid groups (broad SMARTS) is 1. The number of aliphatic carboxylic acids is 1. The molecule has 2 aromatic carbocycles. The first-order valence-corrected chi connectivity index (χ1v) is 7.12. The van der Waals surface area contributed by atoms with Crippen LogP contribution in [0, 0.1) is 0 Å². The lowest BCUT2D eigenvalue weighted by atomic mass is 10.0. The summed E-state index contributed by atoms with van der Waals surface area (Å²) in [5, 5.41) is 12.4. The molecule has 1 amide bonds. The van der Waals surface area contributed by atoms with Gasteiger partial charge in [0.1, 0.15) is 18.5 Å². The van der Waals surface area contributed by atoms with Crippen LogP contribution in [0.3, 0.4) is 0 Å². The van der Waals surface area contributed by atoms with Gasteiger partial charge in [0.05, 0.1) is 12.7 Å². The van der Waals surface area contributed by atoms with Crippen LogP contribution >= 0.6 is 0 Å². The van der Waals surface area contributed by atoms with Crippen molar-refractivity contribution in [2.75, 3.05) is 19.0 Å². The number of nitrogens with zero attached hydrogens (tertiary/aromatic N) is 1. The van der Waals surface area contributed by atoms with Gasteiger partial charge in [-0.25, -0.2) is 0 Å². The first-order chi connectivity index (χ1) is 11.1. The number of carboxylic acids is 1. The Bertz CT molecular complexity index is 743. The number of methoxy groups -OCH3 is 1. The Balaban J connectivity index is 2.01. The molecule has 0 fully saturated rings. The van der Waals surface area contributed by atoms with Crippen molar-refractivity contribution in [2.24, 2.45) is 0 Å². The highest BCUT2D eigenvalue weighted by Gasteiger charge is 2.33. The van der Waals surface area contributed by atoms with E-state index in [1.165, 1.54) is 4.90 Å². The van der Waals surface area contributed by atoms with Crippen LogP contribution < -0.4 is 10.1 Å². The van der Waals surface area contributed by atoms with Gasteiger partial charge in [-0.05, 0) is 29.8 Å². The molecule has 0 saturated heterocycles. The average Bonchev–Trinajstić information content (AvgIpc) is 2.57. The van der Waals surface area contributed by atoms with Crippen LogP contribution in [-0.2, 0) is 4.79 Å². The molecule has 0 radical (unpaired) electrons. The summed E-state index contributed by atoms with van der Waals surface area (Å²) in [5.41, 5.74) is 1.95. The minimum atomic E-state index is -1.06. The largest absolute Gasteiger partial charge is 0.497 e. The molecular formula is C17H16N2O4. The summed E-state index contributed by atoms with van der Waals surface area (Å²) in [6.45, 7) is -0.378. The van der Waals surface area contributed by atoms with E-state index in [1.54, 1.807) is 31.4 Å². The fraction of sp³-hybridized carbons (Fsp3) is 0.176. The molecule has 1 aliphatic rings. The summed E-state index contributed by atoms with van der Waals surface area (Å²) in [6, 6.07) is 14.3. The number of nitrogens with one attached hydrogen (secondary N) is 1. The first-order valence-electron chi connectivity index (χ1n) is 7.12. The topological polar surface area (TPSA) is 78.9 Å². The lowest BCUT2D eigenvalue weighted by Crippen LogP contribution is -2.45. The van der Waals surface area contributed by atoms with Crippen LogP contribution in [0.5, 0.6) is 5.75 Å². The highest BCUT2D eigenvalue weighted by molar-refractivity contribution is 6.02. The van der Waals surface area contributed by atoms with E-state index in [4.69, 9.17) is 9.84 Å². The number of carbonyl (C=O) groups excluding carboxylic acids is 1. The van der Waals surface area contributed by atoms with Gasteiger partial charge in [0, 0.05) is 5.69 Å². The van der Waals surface area contributed by atoms with Crippen LogP contribution in [0.25, 0.3) is 0 Å². The predicted octanol–water partition coefficient (Wildman–Crippen LogP) is 2.35. The number of ether oxygens (including phenoxy) is 1. The standard InChI is InChI=1S/C17H16N2O4/c1-23-12-8-6-11(7-9-12)16-18-14-5-3-2-4-13(14)17(22)19(16)10-15(20)21/h2-9,16,18H,10H2,1H3,(H,20,21)/t16-/m0/s1. The Kier molecular flexibility index (Phi) is 3.89. The van der Waals surface area contributed by atoms with Gasteiger partial charge < -0.3 is 20.1 Å². The Morgan fingerprint density at radius 3 is 2.57 bits per heavy atom. The van der Waals surface area contributed by atoms with Crippen LogP contribution in [0.2, 0.25) is 0 Å². The molecule has 2 N–H and O–H groups in total. The molecule has 0 saturated carbocycles. The highest BCUT2D eigenvalue weighted by atomic mass is 16.5. The molecule has 118 valence electrons. The van der Waals surface area contributed by atoms with Gasteiger partial charge in [0.15, 0.2) is 0 Å². The quantitative estimate of drug-likeness (QED) is 0.906. The molecule has 1 heterocycles. The van der Waals surface area contributed by atoms with Gasteiger partial charge in [-0.1, -0.05) is 24.3 Å². The molecule has 6 nitrogen and oxygen atoms in total. The zero-order chi connectivity index (χ0) is 16.4. The van der Waals surface area contributed by atoms with Crippen LogP contribution in [0.15, 0.2) is 48.5 Å². The highest BCUT2D eigenvalue weighted by Crippen LogP contribution is 2.33. The fourth-order valence-electron chi connectivity index (χ4n) is 2.65. The lowest BCUT2D eigenvalue weighted by Gasteiger charge is -2.37. The second kappa shape index (κ2) is 6.00. The maximum Gasteiger partial charge on any atom is 0.323 e. The van der Waals surface area contributed by atoms with Crippen LogP contribution in [0.1, 0.15) is 22.1 Å². The number of anilines is 1. The van der Waals surface area contributed by atoms with E-state index >= 15 is 0 Å². The third kappa shape index (κ3) is 2.83. The Morgan fingerprint density at radius 2 is 1.91 bits per heavy atom. The summed E-state index contributed by atoms with van der Waals surface area (Å²) in [4.78, 5) is 25.1. The maximum absolute atomic E-state index is 12.7. The van der Waals surface area contributed by atoms with Crippen molar-refractivity contribution in [2.45, 2.75) is 6.17 Å². The lowest BCUT2D eigenvalue weighted by molar-refractivity contribution is -0.138. The van der Waals surface area contributed by atoms with Crippen LogP contribution in [0.4, 0.5) is 5.69 Å². The van der Waals surface area contributed by atoms with Gasteiger partial charge in [0.2, 0.25) is 0 Å². The van der Waals surface area contributed by atoms with Gasteiger partial charge in [0.25, 0.3) is 5.91 Å². The predicted molar refractivity (Wildman–Crippen MR) is 84.5 cm³/mol. The molecule has 0 unspecified atom stereocenters. The molecule has 3 rings (SSSR count). The summed E-state index contributed by atoms with van der Waals surface area (Å²) in [7, 11) is 1.57. The smallest absolute Gasteiger partial charge is 0.323 e. The summed E-state index contributed by atoms with van der Waals surface area (Å²) in [6.07, 6.45) is -0.542. The molecule has 1 aliphatic heterocycles. The third-order valence-electron chi connectivity index (χ3n) is 3.76. The van der Waals surface area contributed by atoms with Crippen molar-refractivity contribution in [1.82, 2.24) is 4.90 Å². The number of hydrogen-bond acceptors (Lipinski definition) is 4. The first kappa shape index (κ1) is 14.9. The molecule has 0 aromatic heterocycles. The van der Waals surface area contributed by atoms with Crippen molar-refractivity contribution in [3.63, 3.8) is 0 Å². The average molecular weight is 312 g/mol. The number of para-hydroxylation sites is 1. The molecule has 0 spiro atoms. The third-order valence-corrected chi connectivity index (χ3v) is 3.76. The van der Waals surface area contributed by atoms with Crippen molar-refractivity contribution in [1.29, 1.82) is 0 Å². The van der Waals surface area contributed by atoms with Gasteiger partial charge in [-0.2, -0.15) is 0 Å². The molecule has 23 heavy (non-hydrogen) atoms. The van der Waals surface area contributed by atoms with Crippen molar-refractivity contribution < 1.29 is 19.4 Å². The monoisotopic (exact) mass is 312 g/mol. The molecule has 1 atom stereocenters. The van der Waals surface area contributed by atoms with E-state index in [0.717, 1.165) is 5.56 Å². The van der Waals surface area contributed by atoms with Crippen LogP contribution in [-0.4, -0.2) is 35.5 Å². The van der Waals surface area contributed by atoms with Gasteiger partial charge >= 0.3 is 5.97 Å². The normalized spacial score (nSPS) is 16.5. The summed E-state index contributed by atoms with van der Waals surface area (Å²) < 4.78 is 5.13. The number of rotatable bonds is 4. The maximum atomic E-state index is 12.7. The van der Waals surface area contributed by atoms with E-state index in [1.807, 2.05) is 24.3 Å². The van der Waals surface area contributed by atoms with E-state index in [9.17, 15) is 9.59 Å². The zero-order valence-corrected chi connectivity index (χ0v) is 12.5. The van der Waals surface area contributed by atoms with E-state index < -0.39 is 12.1 Å². The number of fused-ring (bicyclic) bond motifs is 1. The minimum absolute atomic E-state index is 0.303. The Hall–Kier alpha value is -3.02. The van der Waals surface area contributed by atoms with E-state index in [-0.39, 0.29) is 12.5 Å². The number of amides is 1. The SMILES string of the molecule is COc1ccc([C@H]2Nc3ccccc3C(=O)N2CC(=O)O)cc1. The summed E-state index contributed by atoms with van der Waals surface area (Å²) in [5.74, 6) is -0.665. The van der Waals surface area contributed by atoms with Gasteiger partial charge in [-0.15, -0.1) is 0 Å². The number of hydrogen-bond donors (Lipinski definition) is 2. The van der Waals surface area contributed by atoms with Crippen molar-refractivity contribution in [3.05, 3.63) is 59.7 Å². The second-order valence-electron chi connectivity index (χ2n) is 5.19. The molecule has 0 aliphatic carbocycles. The minimum Gasteiger partial charge on any atom is -0.497 e. The fourth-order valence-corrected chi connectivity index (χ4v) is 2.65. The molecular weight excluding hydrogens is 296 g/mol. The Morgan fingerprint density at radius 1 is 1.22 bits per heavy atom. The van der Waals surface area contributed by atoms with Crippen molar-refractivity contribution >= 4 is 17.6 Å². The van der Waals surface area contributed by atoms with Gasteiger partial charge in [-0.3, -0.25) is 9.59 Å². The number of carbonyl (C=O) groups is 2.